The molecule has 4 rings (SSSR count). The third-order valence-corrected chi connectivity index (χ3v) is 4.32. The first kappa shape index (κ1) is 15.0. The number of hydrogen-bond acceptors (Lipinski definition) is 6. The van der Waals surface area contributed by atoms with E-state index in [1.165, 1.54) is 5.69 Å². The van der Waals surface area contributed by atoms with E-state index >= 15 is 0 Å². The summed E-state index contributed by atoms with van der Waals surface area (Å²) in [6, 6.07) is 12.4. The van der Waals surface area contributed by atoms with Crippen molar-refractivity contribution < 1.29 is 8.94 Å². The van der Waals surface area contributed by atoms with Crippen LogP contribution in [0.3, 0.4) is 0 Å². The predicted octanol–water partition coefficient (Wildman–Crippen LogP) is 3.04. The summed E-state index contributed by atoms with van der Waals surface area (Å²) < 4.78 is 10.4. The van der Waals surface area contributed by atoms with Gasteiger partial charge in [-0.05, 0) is 24.6 Å². The van der Waals surface area contributed by atoms with E-state index in [9.17, 15) is 0 Å². The molecule has 3 heterocycles. The lowest BCUT2D eigenvalue weighted by molar-refractivity contribution is 0.239. The van der Waals surface area contributed by atoms with Crippen molar-refractivity contribution in [2.45, 2.75) is 13.0 Å². The van der Waals surface area contributed by atoms with Crippen molar-refractivity contribution in [2.75, 3.05) is 31.1 Å². The number of furan rings is 1. The van der Waals surface area contributed by atoms with Crippen LogP contribution < -0.4 is 4.90 Å². The quantitative estimate of drug-likeness (QED) is 0.735. The standard InChI is InChI=1S/C18H20N4O2/c1-2-5-16(6-3-1)22-9-4-8-21(10-11-22)13-17-19-18(20-24-17)15-7-12-23-14-15/h1-3,5-7,12,14H,4,8-11,13H2. The molecule has 24 heavy (non-hydrogen) atoms. The van der Waals surface area contributed by atoms with Crippen LogP contribution in [0.15, 0.2) is 57.9 Å². The zero-order valence-corrected chi connectivity index (χ0v) is 13.5. The van der Waals surface area contributed by atoms with Crippen LogP contribution in [0.5, 0.6) is 0 Å². The van der Waals surface area contributed by atoms with E-state index in [-0.39, 0.29) is 0 Å². The normalized spacial score (nSPS) is 16.2. The van der Waals surface area contributed by atoms with E-state index in [0.717, 1.165) is 38.2 Å². The van der Waals surface area contributed by atoms with Gasteiger partial charge in [-0.15, -0.1) is 0 Å². The minimum Gasteiger partial charge on any atom is -0.472 e. The summed E-state index contributed by atoms with van der Waals surface area (Å²) >= 11 is 0. The number of rotatable bonds is 4. The Morgan fingerprint density at radius 3 is 2.75 bits per heavy atom. The van der Waals surface area contributed by atoms with Crippen molar-refractivity contribution in [1.82, 2.24) is 15.0 Å². The fourth-order valence-electron chi connectivity index (χ4n) is 3.05. The van der Waals surface area contributed by atoms with Crippen LogP contribution >= 0.6 is 0 Å². The molecule has 6 nitrogen and oxygen atoms in total. The van der Waals surface area contributed by atoms with Gasteiger partial charge < -0.3 is 13.8 Å². The first-order chi connectivity index (χ1) is 11.9. The summed E-state index contributed by atoms with van der Waals surface area (Å²) in [6.07, 6.45) is 4.36. The van der Waals surface area contributed by atoms with Crippen LogP contribution in [-0.2, 0) is 6.54 Å². The molecule has 0 aliphatic carbocycles. The highest BCUT2D eigenvalue weighted by Crippen LogP contribution is 2.18. The number of nitrogens with zero attached hydrogens (tertiary/aromatic N) is 4. The van der Waals surface area contributed by atoms with Crippen LogP contribution in [0, 0.1) is 0 Å². The predicted molar refractivity (Wildman–Crippen MR) is 90.5 cm³/mol. The van der Waals surface area contributed by atoms with Crippen molar-refractivity contribution in [1.29, 1.82) is 0 Å². The summed E-state index contributed by atoms with van der Waals surface area (Å²) in [5.74, 6) is 1.24. The average molecular weight is 324 g/mol. The van der Waals surface area contributed by atoms with Gasteiger partial charge in [0.2, 0.25) is 11.7 Å². The summed E-state index contributed by atoms with van der Waals surface area (Å²) in [4.78, 5) is 9.27. The average Bonchev–Trinajstić information content (AvgIpc) is 3.25. The number of benzene rings is 1. The Morgan fingerprint density at radius 1 is 1.00 bits per heavy atom. The van der Waals surface area contributed by atoms with Crippen molar-refractivity contribution in [2.24, 2.45) is 0 Å². The topological polar surface area (TPSA) is 58.5 Å². The highest BCUT2D eigenvalue weighted by molar-refractivity contribution is 5.51. The molecule has 1 aromatic carbocycles. The summed E-state index contributed by atoms with van der Waals surface area (Å²) in [5, 5.41) is 4.03. The molecule has 0 bridgehead atoms. The molecule has 1 saturated heterocycles. The van der Waals surface area contributed by atoms with Crippen molar-refractivity contribution in [3.05, 3.63) is 54.8 Å². The second kappa shape index (κ2) is 6.88. The first-order valence-corrected chi connectivity index (χ1v) is 8.26. The van der Waals surface area contributed by atoms with Crippen LogP contribution in [0.4, 0.5) is 5.69 Å². The Hall–Kier alpha value is -2.60. The Morgan fingerprint density at radius 2 is 1.92 bits per heavy atom. The zero-order valence-electron chi connectivity index (χ0n) is 13.5. The van der Waals surface area contributed by atoms with Gasteiger partial charge in [0.1, 0.15) is 6.26 Å². The van der Waals surface area contributed by atoms with Gasteiger partial charge >= 0.3 is 0 Å². The van der Waals surface area contributed by atoms with Gasteiger partial charge in [0.05, 0.1) is 18.4 Å². The van der Waals surface area contributed by atoms with Gasteiger partial charge in [-0.2, -0.15) is 4.98 Å². The van der Waals surface area contributed by atoms with Crippen LogP contribution in [-0.4, -0.2) is 41.2 Å². The third-order valence-electron chi connectivity index (χ3n) is 4.32. The van der Waals surface area contributed by atoms with Gasteiger partial charge in [0.25, 0.3) is 0 Å². The van der Waals surface area contributed by atoms with E-state index in [1.807, 2.05) is 6.07 Å². The monoisotopic (exact) mass is 324 g/mol. The number of para-hydroxylation sites is 1. The smallest absolute Gasteiger partial charge is 0.241 e. The third kappa shape index (κ3) is 3.33. The number of hydrogen-bond donors (Lipinski definition) is 0. The molecule has 1 fully saturated rings. The van der Waals surface area contributed by atoms with E-state index in [4.69, 9.17) is 8.94 Å². The molecule has 2 aromatic heterocycles. The van der Waals surface area contributed by atoms with E-state index in [2.05, 4.69) is 50.3 Å². The maximum absolute atomic E-state index is 5.39. The van der Waals surface area contributed by atoms with Crippen molar-refractivity contribution in [3.8, 4) is 11.4 Å². The van der Waals surface area contributed by atoms with E-state index in [0.29, 0.717) is 18.3 Å². The molecule has 1 aliphatic heterocycles. The molecule has 0 amide bonds. The zero-order chi connectivity index (χ0) is 16.2. The minimum absolute atomic E-state index is 0.583. The maximum Gasteiger partial charge on any atom is 0.241 e. The summed E-state index contributed by atoms with van der Waals surface area (Å²) in [6.45, 7) is 4.79. The Bertz CT molecular complexity index is 754. The van der Waals surface area contributed by atoms with Gasteiger partial charge in [-0.1, -0.05) is 23.4 Å². The fraction of sp³-hybridized carbons (Fsp3) is 0.333. The summed E-state index contributed by atoms with van der Waals surface area (Å²) in [5.41, 5.74) is 2.13. The maximum atomic E-state index is 5.39. The number of aromatic nitrogens is 2. The molecule has 0 spiro atoms. The van der Waals surface area contributed by atoms with Crippen molar-refractivity contribution in [3.63, 3.8) is 0 Å². The molecule has 0 unspecified atom stereocenters. The minimum atomic E-state index is 0.583. The van der Waals surface area contributed by atoms with Gasteiger partial charge in [-0.25, -0.2) is 0 Å². The highest BCUT2D eigenvalue weighted by atomic mass is 16.5. The Labute approximate surface area is 140 Å². The number of anilines is 1. The largest absolute Gasteiger partial charge is 0.472 e. The van der Waals surface area contributed by atoms with Crippen LogP contribution in [0.2, 0.25) is 0 Å². The van der Waals surface area contributed by atoms with E-state index in [1.54, 1.807) is 12.5 Å². The second-order valence-electron chi connectivity index (χ2n) is 5.98. The Balaban J connectivity index is 1.38. The lowest BCUT2D eigenvalue weighted by Gasteiger charge is -2.23. The Kier molecular flexibility index (Phi) is 4.29. The summed E-state index contributed by atoms with van der Waals surface area (Å²) in [7, 11) is 0. The van der Waals surface area contributed by atoms with Gasteiger partial charge in [0.15, 0.2) is 0 Å². The molecule has 0 N–H and O–H groups in total. The molecule has 0 atom stereocenters. The van der Waals surface area contributed by atoms with Crippen LogP contribution in [0.25, 0.3) is 11.4 Å². The molecule has 6 heteroatoms. The molecule has 3 aromatic rings. The fourth-order valence-corrected chi connectivity index (χ4v) is 3.05. The molecule has 0 saturated carbocycles. The molecule has 0 radical (unpaired) electrons. The van der Waals surface area contributed by atoms with Crippen molar-refractivity contribution >= 4 is 5.69 Å². The molecular formula is C18H20N4O2. The lowest BCUT2D eigenvalue weighted by atomic mass is 10.3. The van der Waals surface area contributed by atoms with Gasteiger partial charge in [0, 0.05) is 31.9 Å². The highest BCUT2D eigenvalue weighted by Gasteiger charge is 2.18. The van der Waals surface area contributed by atoms with E-state index < -0.39 is 0 Å². The molecular weight excluding hydrogens is 304 g/mol. The second-order valence-corrected chi connectivity index (χ2v) is 5.98. The molecule has 124 valence electrons. The molecule has 1 aliphatic rings. The van der Waals surface area contributed by atoms with Crippen LogP contribution in [0.1, 0.15) is 12.3 Å². The van der Waals surface area contributed by atoms with Gasteiger partial charge in [-0.3, -0.25) is 4.90 Å². The SMILES string of the molecule is c1ccc(N2CCCN(Cc3nc(-c4ccoc4)no3)CC2)cc1. The first-order valence-electron chi connectivity index (χ1n) is 8.26. The lowest BCUT2D eigenvalue weighted by Crippen LogP contribution is -2.30.